The number of rotatable bonds is 2. The van der Waals surface area contributed by atoms with E-state index in [1.807, 2.05) is 67.6 Å². The molecule has 0 spiro atoms. The van der Waals surface area contributed by atoms with Crippen molar-refractivity contribution in [1.29, 1.82) is 0 Å². The zero-order valence-electron chi connectivity index (χ0n) is 24.3. The molecule has 0 bridgehead atoms. The van der Waals surface area contributed by atoms with Crippen molar-refractivity contribution >= 4 is 32.8 Å². The first-order valence-corrected chi connectivity index (χ1v) is 10.8. The molecule has 0 unspecified atom stereocenters. The molecule has 0 amide bonds. The number of hydrogen-bond acceptors (Lipinski definition) is 2. The monoisotopic (exact) mass is 435 g/mol. The number of fused-ring (bicyclic) bond motifs is 5. The van der Waals surface area contributed by atoms with E-state index in [1.54, 1.807) is 30.1 Å². The van der Waals surface area contributed by atoms with Crippen LogP contribution in [0.4, 0.5) is 0 Å². The summed E-state index contributed by atoms with van der Waals surface area (Å²) in [4.78, 5) is 4.65. The van der Waals surface area contributed by atoms with Crippen LogP contribution in [0.25, 0.3) is 55.2 Å². The van der Waals surface area contributed by atoms with E-state index >= 15 is 0 Å². The molecule has 0 aliphatic carbocycles. The summed E-state index contributed by atoms with van der Waals surface area (Å²) >= 11 is 0. The van der Waals surface area contributed by atoms with E-state index in [2.05, 4.69) is 4.98 Å². The standard InChI is InChI=1S/C30H25N2O/c1-18-14-19(2)27-28-29(23-13-9-8-12-22(23)16-31-28)33-30(27)26(18)25-15-24(20(3)17-32(25)4)21-10-6-5-7-11-21/h5-17H,1-4H3/q+1/i2D3,3D3. The quantitative estimate of drug-likeness (QED) is 0.269. The van der Waals surface area contributed by atoms with Crippen LogP contribution in [-0.2, 0) is 7.05 Å². The van der Waals surface area contributed by atoms with Crippen LogP contribution in [-0.4, -0.2) is 4.98 Å². The average molecular weight is 436 g/mol. The van der Waals surface area contributed by atoms with Gasteiger partial charge < -0.3 is 4.42 Å². The van der Waals surface area contributed by atoms with E-state index in [-0.39, 0.29) is 11.1 Å². The Labute approximate surface area is 201 Å². The van der Waals surface area contributed by atoms with Crippen molar-refractivity contribution in [2.75, 3.05) is 0 Å². The second-order valence-electron chi connectivity index (χ2n) is 8.41. The third-order valence-corrected chi connectivity index (χ3v) is 6.29. The average Bonchev–Trinajstić information content (AvgIpc) is 3.27. The van der Waals surface area contributed by atoms with E-state index in [0.717, 1.165) is 16.3 Å². The molecule has 3 aromatic carbocycles. The molecule has 0 aliphatic heterocycles. The fraction of sp³-hybridized carbons (Fsp3) is 0.133. The van der Waals surface area contributed by atoms with Crippen molar-refractivity contribution in [3.05, 3.63) is 95.8 Å². The van der Waals surface area contributed by atoms with Gasteiger partial charge in [0, 0.05) is 36.8 Å². The third-order valence-electron chi connectivity index (χ3n) is 6.29. The molecule has 0 radical (unpaired) electrons. The van der Waals surface area contributed by atoms with Crippen LogP contribution >= 0.6 is 0 Å². The lowest BCUT2D eigenvalue weighted by molar-refractivity contribution is -0.660. The largest absolute Gasteiger partial charge is 0.453 e. The van der Waals surface area contributed by atoms with Crippen molar-refractivity contribution in [3.63, 3.8) is 0 Å². The maximum atomic E-state index is 8.29. The van der Waals surface area contributed by atoms with Gasteiger partial charge in [-0.3, -0.25) is 4.98 Å². The Morgan fingerprint density at radius 3 is 2.48 bits per heavy atom. The second-order valence-corrected chi connectivity index (χ2v) is 8.41. The molecule has 33 heavy (non-hydrogen) atoms. The highest BCUT2D eigenvalue weighted by Crippen LogP contribution is 2.41. The van der Waals surface area contributed by atoms with E-state index in [4.69, 9.17) is 12.6 Å². The van der Waals surface area contributed by atoms with Gasteiger partial charge in [-0.25, -0.2) is 4.57 Å². The van der Waals surface area contributed by atoms with Gasteiger partial charge in [0.2, 0.25) is 5.69 Å². The molecule has 3 aromatic heterocycles. The van der Waals surface area contributed by atoms with Gasteiger partial charge in [-0.1, -0.05) is 60.7 Å². The maximum Gasteiger partial charge on any atom is 0.216 e. The number of furan rings is 1. The van der Waals surface area contributed by atoms with E-state index in [0.29, 0.717) is 44.5 Å². The lowest BCUT2D eigenvalue weighted by Gasteiger charge is -2.11. The molecule has 6 rings (SSSR count). The summed E-state index contributed by atoms with van der Waals surface area (Å²) in [5.74, 6) is 0. The van der Waals surface area contributed by atoms with Gasteiger partial charge in [0.15, 0.2) is 17.4 Å². The number of aryl methyl sites for hydroxylation is 4. The van der Waals surface area contributed by atoms with Crippen LogP contribution in [0.15, 0.2) is 83.5 Å². The zero-order chi connectivity index (χ0) is 27.7. The molecule has 160 valence electrons. The van der Waals surface area contributed by atoms with Crippen LogP contribution in [0.2, 0.25) is 0 Å². The zero-order valence-corrected chi connectivity index (χ0v) is 18.3. The summed E-state index contributed by atoms with van der Waals surface area (Å²) in [6, 6.07) is 20.6. The Hall–Kier alpha value is -3.98. The predicted octanol–water partition coefficient (Wildman–Crippen LogP) is 7.22. The first-order chi connectivity index (χ1) is 18.4. The highest BCUT2D eigenvalue weighted by Gasteiger charge is 2.25. The number of hydrogen-bond donors (Lipinski definition) is 0. The van der Waals surface area contributed by atoms with Gasteiger partial charge in [0.1, 0.15) is 12.6 Å². The number of pyridine rings is 2. The highest BCUT2D eigenvalue weighted by atomic mass is 16.3. The lowest BCUT2D eigenvalue weighted by atomic mass is 9.94. The Morgan fingerprint density at radius 2 is 1.67 bits per heavy atom. The first kappa shape index (κ1) is 14.2. The maximum absolute atomic E-state index is 8.29. The van der Waals surface area contributed by atoms with E-state index in [1.165, 1.54) is 0 Å². The van der Waals surface area contributed by atoms with Crippen molar-refractivity contribution in [2.24, 2.45) is 7.05 Å². The molecule has 0 atom stereocenters. The summed E-state index contributed by atoms with van der Waals surface area (Å²) in [7, 11) is 1.79. The number of aromatic nitrogens is 2. The minimum atomic E-state index is -2.39. The van der Waals surface area contributed by atoms with Gasteiger partial charge in [-0.05, 0) is 42.9 Å². The molecule has 0 saturated carbocycles. The van der Waals surface area contributed by atoms with Crippen LogP contribution in [0.3, 0.4) is 0 Å². The van der Waals surface area contributed by atoms with Gasteiger partial charge in [-0.15, -0.1) is 0 Å². The molecule has 0 N–H and O–H groups in total. The molecule has 3 heterocycles. The smallest absolute Gasteiger partial charge is 0.216 e. The number of benzene rings is 3. The van der Waals surface area contributed by atoms with Crippen molar-refractivity contribution in [1.82, 2.24) is 4.98 Å². The van der Waals surface area contributed by atoms with Gasteiger partial charge in [0.05, 0.1) is 10.9 Å². The molecule has 3 heteroatoms. The molecule has 0 aliphatic rings. The van der Waals surface area contributed by atoms with Crippen LogP contribution in [0, 0.1) is 20.6 Å². The second kappa shape index (κ2) is 7.28. The summed E-state index contributed by atoms with van der Waals surface area (Å²) < 4.78 is 57.7. The Morgan fingerprint density at radius 1 is 0.879 bits per heavy atom. The van der Waals surface area contributed by atoms with Crippen molar-refractivity contribution < 1.29 is 17.2 Å². The SMILES string of the molecule is [2H]C([2H])([2H])c1c[n+](C)c(-c2c(C)cc(C([2H])([2H])[2H])c3c2oc2c4ccccc4cnc23)cc1-c1ccccc1. The molecule has 0 saturated heterocycles. The highest BCUT2D eigenvalue weighted by molar-refractivity contribution is 6.16. The van der Waals surface area contributed by atoms with Crippen LogP contribution < -0.4 is 4.57 Å². The van der Waals surface area contributed by atoms with Crippen molar-refractivity contribution in [2.45, 2.75) is 20.6 Å². The minimum Gasteiger partial charge on any atom is -0.453 e. The summed E-state index contributed by atoms with van der Waals surface area (Å²) in [6.45, 7) is -2.88. The van der Waals surface area contributed by atoms with Gasteiger partial charge in [0.25, 0.3) is 0 Å². The first-order valence-electron chi connectivity index (χ1n) is 13.8. The van der Waals surface area contributed by atoms with E-state index < -0.39 is 13.7 Å². The third kappa shape index (κ3) is 2.96. The predicted molar refractivity (Wildman–Crippen MR) is 135 cm³/mol. The topological polar surface area (TPSA) is 29.9 Å². The molecular formula is C30H25N2O+. The van der Waals surface area contributed by atoms with Gasteiger partial charge >= 0.3 is 0 Å². The summed E-state index contributed by atoms with van der Waals surface area (Å²) in [5, 5.41) is 2.17. The Kier molecular flexibility index (Phi) is 3.14. The van der Waals surface area contributed by atoms with Gasteiger partial charge in [-0.2, -0.15) is 0 Å². The molecule has 0 fully saturated rings. The van der Waals surface area contributed by atoms with Crippen LogP contribution in [0.5, 0.6) is 0 Å². The fourth-order valence-electron chi connectivity index (χ4n) is 4.72. The molecule has 3 nitrogen and oxygen atoms in total. The Balaban J connectivity index is 1.77. The van der Waals surface area contributed by atoms with Crippen LogP contribution in [0.1, 0.15) is 24.9 Å². The molecular weight excluding hydrogens is 404 g/mol. The van der Waals surface area contributed by atoms with E-state index in [9.17, 15) is 0 Å². The normalized spacial score (nSPS) is 15.1. The van der Waals surface area contributed by atoms with Crippen molar-refractivity contribution in [3.8, 4) is 22.4 Å². The number of nitrogens with zero attached hydrogens (tertiary/aromatic N) is 2. The minimum absolute atomic E-state index is 0.172. The molecule has 6 aromatic rings. The lowest BCUT2D eigenvalue weighted by Crippen LogP contribution is -2.31. The fourth-order valence-corrected chi connectivity index (χ4v) is 4.72. The Bertz CT molecular complexity index is 1900. The summed E-state index contributed by atoms with van der Waals surface area (Å²) in [6.07, 6.45) is 3.36. The summed E-state index contributed by atoms with van der Waals surface area (Å²) in [5.41, 5.74) is 5.26.